The average molecular weight is 348 g/mol. The van der Waals surface area contributed by atoms with Crippen molar-refractivity contribution in [3.05, 3.63) is 41.0 Å². The van der Waals surface area contributed by atoms with Gasteiger partial charge in [0.1, 0.15) is 5.65 Å². The van der Waals surface area contributed by atoms with Gasteiger partial charge in [-0.15, -0.1) is 0 Å². The van der Waals surface area contributed by atoms with Gasteiger partial charge in [0.25, 0.3) is 0 Å². The summed E-state index contributed by atoms with van der Waals surface area (Å²) in [6.07, 6.45) is 1.61. The lowest BCUT2D eigenvalue weighted by atomic mass is 10.1. The molecule has 0 bridgehead atoms. The maximum atomic E-state index is 12.4. The number of hydrogen-bond donors (Lipinski definition) is 2. The molecule has 120 valence electrons. The number of Topliss-reactive ketones (excluding diaryl/α,β-unsaturated/α-hetero) is 1. The van der Waals surface area contributed by atoms with E-state index in [0.29, 0.717) is 16.3 Å². The molecule has 6 heteroatoms. The van der Waals surface area contributed by atoms with Gasteiger partial charge in [-0.05, 0) is 38.1 Å². The summed E-state index contributed by atoms with van der Waals surface area (Å²) in [5.41, 5.74) is 8.08. The molecule has 1 aromatic carbocycles. The van der Waals surface area contributed by atoms with Crippen molar-refractivity contribution in [3.63, 3.8) is 0 Å². The highest BCUT2D eigenvalue weighted by atomic mass is 35.5. The summed E-state index contributed by atoms with van der Waals surface area (Å²) in [4.78, 5) is 19.9. The molecule has 2 heterocycles. The van der Waals surface area contributed by atoms with Crippen molar-refractivity contribution in [2.75, 3.05) is 11.5 Å². The predicted molar refractivity (Wildman–Crippen MR) is 98.5 cm³/mol. The molecule has 0 unspecified atom stereocenters. The molecule has 0 amide bonds. The van der Waals surface area contributed by atoms with Gasteiger partial charge in [-0.25, -0.2) is 4.98 Å². The van der Waals surface area contributed by atoms with Crippen LogP contribution in [0.3, 0.4) is 0 Å². The molecule has 0 atom stereocenters. The van der Waals surface area contributed by atoms with Crippen LogP contribution in [-0.2, 0) is 0 Å². The second-order valence-corrected chi connectivity index (χ2v) is 7.76. The van der Waals surface area contributed by atoms with E-state index in [4.69, 9.17) is 17.3 Å². The third-order valence-electron chi connectivity index (χ3n) is 3.45. The Morgan fingerprint density at radius 1 is 1.35 bits per heavy atom. The largest absolute Gasteiger partial charge is 0.339 e. The summed E-state index contributed by atoms with van der Waals surface area (Å²) in [7, 11) is 0. The Balaban J connectivity index is 1.88. The maximum Gasteiger partial charge on any atom is 0.172 e. The Bertz CT molecular complexity index is 883. The fourth-order valence-corrected chi connectivity index (χ4v) is 3.55. The van der Waals surface area contributed by atoms with Crippen LogP contribution in [0.1, 0.15) is 24.2 Å². The van der Waals surface area contributed by atoms with Gasteiger partial charge in [0, 0.05) is 39.3 Å². The molecular formula is C17H18ClN3OS. The highest BCUT2D eigenvalue weighted by molar-refractivity contribution is 8.00. The van der Waals surface area contributed by atoms with Gasteiger partial charge < -0.3 is 10.7 Å². The van der Waals surface area contributed by atoms with Gasteiger partial charge in [0.15, 0.2) is 5.78 Å². The summed E-state index contributed by atoms with van der Waals surface area (Å²) in [6, 6.07) is 7.52. The smallest absolute Gasteiger partial charge is 0.172 e. The van der Waals surface area contributed by atoms with E-state index in [0.717, 1.165) is 27.7 Å². The summed E-state index contributed by atoms with van der Waals surface area (Å²) < 4.78 is 0. The molecular weight excluding hydrogens is 330 g/mol. The molecule has 0 saturated carbocycles. The van der Waals surface area contributed by atoms with Gasteiger partial charge >= 0.3 is 0 Å². The van der Waals surface area contributed by atoms with Crippen molar-refractivity contribution in [2.45, 2.75) is 19.4 Å². The number of hydrogen-bond acceptors (Lipinski definition) is 4. The number of nitrogens with two attached hydrogens (primary N) is 1. The first-order chi connectivity index (χ1) is 10.8. The molecule has 0 radical (unpaired) electrons. The predicted octanol–water partition coefficient (Wildman–Crippen LogP) is 4.02. The van der Waals surface area contributed by atoms with Crippen molar-refractivity contribution in [3.8, 4) is 0 Å². The van der Waals surface area contributed by atoms with Crippen molar-refractivity contribution >= 4 is 51.1 Å². The number of thioether (sulfide) groups is 1. The zero-order chi connectivity index (χ0) is 16.6. The van der Waals surface area contributed by atoms with Gasteiger partial charge in [-0.1, -0.05) is 11.6 Å². The Morgan fingerprint density at radius 2 is 2.13 bits per heavy atom. The molecule has 2 aromatic heterocycles. The van der Waals surface area contributed by atoms with Crippen molar-refractivity contribution in [1.82, 2.24) is 9.97 Å². The molecule has 0 aliphatic rings. The monoisotopic (exact) mass is 347 g/mol. The summed E-state index contributed by atoms with van der Waals surface area (Å²) in [5, 5.41) is 2.47. The lowest BCUT2D eigenvalue weighted by Gasteiger charge is -2.17. The number of aromatic nitrogens is 2. The highest BCUT2D eigenvalue weighted by Crippen LogP contribution is 2.27. The highest BCUT2D eigenvalue weighted by Gasteiger charge is 2.14. The van der Waals surface area contributed by atoms with Crippen LogP contribution in [-0.4, -0.2) is 32.8 Å². The van der Waals surface area contributed by atoms with Crippen LogP contribution in [0, 0.1) is 0 Å². The van der Waals surface area contributed by atoms with E-state index in [2.05, 4.69) is 9.97 Å². The number of benzene rings is 1. The number of carbonyl (C=O) groups excluding carboxylic acids is 1. The summed E-state index contributed by atoms with van der Waals surface area (Å²) in [5.74, 6) is 1.27. The van der Waals surface area contributed by atoms with Crippen LogP contribution in [0.25, 0.3) is 21.9 Å². The van der Waals surface area contributed by atoms with E-state index in [1.807, 2.05) is 38.1 Å². The van der Waals surface area contributed by atoms with Gasteiger partial charge in [0.05, 0.1) is 10.8 Å². The molecule has 0 fully saturated rings. The lowest BCUT2D eigenvalue weighted by Crippen LogP contribution is -2.35. The number of halogens is 1. The topological polar surface area (TPSA) is 71.8 Å². The molecule has 4 nitrogen and oxygen atoms in total. The Labute approximate surface area is 143 Å². The first-order valence-electron chi connectivity index (χ1n) is 7.30. The molecule has 3 N–H and O–H groups in total. The zero-order valence-corrected chi connectivity index (χ0v) is 14.6. The van der Waals surface area contributed by atoms with Crippen molar-refractivity contribution in [2.24, 2.45) is 5.73 Å². The number of aromatic amines is 1. The van der Waals surface area contributed by atoms with E-state index in [1.165, 1.54) is 0 Å². The van der Waals surface area contributed by atoms with Gasteiger partial charge in [-0.2, -0.15) is 11.8 Å². The first kappa shape index (κ1) is 16.3. The maximum absolute atomic E-state index is 12.4. The zero-order valence-electron chi connectivity index (χ0n) is 13.0. The lowest BCUT2D eigenvalue weighted by molar-refractivity contribution is 0.102. The summed E-state index contributed by atoms with van der Waals surface area (Å²) in [6.45, 7) is 3.92. The molecule has 0 saturated heterocycles. The first-order valence-corrected chi connectivity index (χ1v) is 8.83. The fourth-order valence-electron chi connectivity index (χ4n) is 2.41. The minimum Gasteiger partial charge on any atom is -0.339 e. The van der Waals surface area contributed by atoms with E-state index in [-0.39, 0.29) is 11.3 Å². The van der Waals surface area contributed by atoms with Crippen molar-refractivity contribution < 1.29 is 4.79 Å². The molecule has 0 spiro atoms. The van der Waals surface area contributed by atoms with Crippen LogP contribution in [0.15, 0.2) is 30.5 Å². The van der Waals surface area contributed by atoms with Crippen LogP contribution >= 0.6 is 23.4 Å². The van der Waals surface area contributed by atoms with E-state index in [9.17, 15) is 4.79 Å². The second-order valence-electron chi connectivity index (χ2n) is 6.34. The minimum atomic E-state index is -0.270. The molecule has 23 heavy (non-hydrogen) atoms. The third-order valence-corrected chi connectivity index (χ3v) is 5.07. The fraction of sp³-hybridized carbons (Fsp3) is 0.294. The van der Waals surface area contributed by atoms with E-state index < -0.39 is 0 Å². The molecule has 3 rings (SSSR count). The molecule has 0 aliphatic heterocycles. The minimum absolute atomic E-state index is 0.102. The quantitative estimate of drug-likeness (QED) is 0.684. The van der Waals surface area contributed by atoms with Gasteiger partial charge in [0.2, 0.25) is 0 Å². The van der Waals surface area contributed by atoms with E-state index >= 15 is 0 Å². The van der Waals surface area contributed by atoms with Crippen LogP contribution in [0.2, 0.25) is 5.02 Å². The normalized spacial score (nSPS) is 12.2. The summed E-state index contributed by atoms with van der Waals surface area (Å²) >= 11 is 7.59. The SMILES string of the molecule is CC(C)(N)CSCC(=O)c1ccc2[nH]c3ncc(Cl)cc3c2c1. The van der Waals surface area contributed by atoms with Crippen LogP contribution < -0.4 is 5.73 Å². The Morgan fingerprint density at radius 3 is 2.87 bits per heavy atom. The van der Waals surface area contributed by atoms with Crippen LogP contribution in [0.4, 0.5) is 0 Å². The standard InChI is InChI=1S/C17H18ClN3OS/c1-17(2,19)9-23-8-15(22)10-3-4-14-12(5-10)13-6-11(18)7-20-16(13)21-14/h3-7H,8-9,19H2,1-2H3,(H,20,21). The average Bonchev–Trinajstić information content (AvgIpc) is 2.83. The third kappa shape index (κ3) is 3.68. The van der Waals surface area contributed by atoms with Crippen molar-refractivity contribution in [1.29, 1.82) is 0 Å². The Hall–Kier alpha value is -1.56. The number of nitrogens with zero attached hydrogens (tertiary/aromatic N) is 1. The molecule has 3 aromatic rings. The number of rotatable bonds is 5. The Kier molecular flexibility index (Phi) is 4.36. The number of fused-ring (bicyclic) bond motifs is 3. The number of pyridine rings is 1. The molecule has 0 aliphatic carbocycles. The second kappa shape index (κ2) is 6.15. The number of nitrogens with one attached hydrogen (secondary N) is 1. The van der Waals surface area contributed by atoms with Crippen LogP contribution in [0.5, 0.6) is 0 Å². The van der Waals surface area contributed by atoms with Gasteiger partial charge in [-0.3, -0.25) is 4.79 Å². The van der Waals surface area contributed by atoms with E-state index in [1.54, 1.807) is 18.0 Å². The number of H-pyrrole nitrogens is 1. The number of ketones is 1. The number of carbonyl (C=O) groups is 1.